The Balaban J connectivity index is 4.89. The summed E-state index contributed by atoms with van der Waals surface area (Å²) in [4.78, 5) is 0. The molecule has 3 atom stereocenters. The lowest BCUT2D eigenvalue weighted by molar-refractivity contribution is -0.105. The van der Waals surface area contributed by atoms with E-state index in [0.29, 0.717) is 6.61 Å². The molecule has 0 saturated heterocycles. The fraction of sp³-hybridized carbons (Fsp3) is 0.867. The second-order valence-electron chi connectivity index (χ2n) is 6.76. The zero-order valence-corrected chi connectivity index (χ0v) is 15.3. The highest BCUT2D eigenvalue weighted by atomic mass is 28.4. The van der Waals surface area contributed by atoms with Crippen LogP contribution in [-0.4, -0.2) is 57.9 Å². The van der Waals surface area contributed by atoms with Crippen LogP contribution < -0.4 is 0 Å². The average Bonchev–Trinajstić information content (AvgIpc) is 2.40. The second-order valence-corrected chi connectivity index (χ2v) is 11.6. The predicted octanol–water partition coefficient (Wildman–Crippen LogP) is 2.15. The summed E-state index contributed by atoms with van der Waals surface area (Å²) in [5.41, 5.74) is 0. The third kappa shape index (κ3) is 6.59. The van der Waals surface area contributed by atoms with Gasteiger partial charge in [0, 0.05) is 19.6 Å². The molecule has 6 heteroatoms. The van der Waals surface area contributed by atoms with Crippen molar-refractivity contribution in [2.75, 3.05) is 27.1 Å². The minimum Gasteiger partial charge on any atom is -0.416 e. The van der Waals surface area contributed by atoms with Crippen molar-refractivity contribution in [3.05, 3.63) is 12.7 Å². The molecule has 0 amide bonds. The molecule has 0 aliphatic carbocycles. The van der Waals surface area contributed by atoms with Gasteiger partial charge in [-0.15, -0.1) is 6.58 Å². The summed E-state index contributed by atoms with van der Waals surface area (Å²) in [5, 5.41) is 19.4. The van der Waals surface area contributed by atoms with E-state index in [1.54, 1.807) is 6.08 Å². The van der Waals surface area contributed by atoms with E-state index >= 15 is 0 Å². The molecule has 0 aliphatic heterocycles. The van der Waals surface area contributed by atoms with Gasteiger partial charge in [-0.05, 0) is 18.1 Å². The standard InChI is InChI=1S/C15H32O5Si/c1-8-14(19-11-18-5)12(13(17)9-16)10-20-21(6,7)15(2,3)4/h8,12-14,16-17H,1,9-11H2,2-7H3/t12-,13+,14+/m1/s1. The number of ether oxygens (including phenoxy) is 2. The van der Waals surface area contributed by atoms with Gasteiger partial charge in [-0.1, -0.05) is 26.8 Å². The maximum atomic E-state index is 10.0. The lowest BCUT2D eigenvalue weighted by Crippen LogP contribution is -2.46. The van der Waals surface area contributed by atoms with Crippen molar-refractivity contribution in [2.24, 2.45) is 5.92 Å². The molecule has 0 radical (unpaired) electrons. The summed E-state index contributed by atoms with van der Waals surface area (Å²) in [6.07, 6.45) is 0.254. The van der Waals surface area contributed by atoms with Crippen molar-refractivity contribution in [3.8, 4) is 0 Å². The van der Waals surface area contributed by atoms with E-state index in [2.05, 4.69) is 40.4 Å². The first-order valence-electron chi connectivity index (χ1n) is 7.26. The normalized spacial score (nSPS) is 17.3. The monoisotopic (exact) mass is 320 g/mol. The van der Waals surface area contributed by atoms with Gasteiger partial charge in [0.25, 0.3) is 0 Å². The van der Waals surface area contributed by atoms with E-state index in [-0.39, 0.29) is 24.4 Å². The fourth-order valence-electron chi connectivity index (χ4n) is 1.59. The lowest BCUT2D eigenvalue weighted by Gasteiger charge is -2.38. The summed E-state index contributed by atoms with van der Waals surface area (Å²) in [7, 11) is -0.399. The van der Waals surface area contributed by atoms with Crippen LogP contribution in [-0.2, 0) is 13.9 Å². The van der Waals surface area contributed by atoms with Gasteiger partial charge in [-0.25, -0.2) is 0 Å². The van der Waals surface area contributed by atoms with Gasteiger partial charge in [0.15, 0.2) is 8.32 Å². The Morgan fingerprint density at radius 2 is 1.86 bits per heavy atom. The van der Waals surface area contributed by atoms with Crippen LogP contribution in [0.1, 0.15) is 20.8 Å². The molecule has 2 N–H and O–H groups in total. The largest absolute Gasteiger partial charge is 0.416 e. The Bertz CT molecular complexity index is 301. The minimum atomic E-state index is -1.93. The number of hydrogen-bond donors (Lipinski definition) is 2. The molecule has 0 rings (SSSR count). The maximum Gasteiger partial charge on any atom is 0.191 e. The zero-order chi connectivity index (χ0) is 16.7. The van der Waals surface area contributed by atoms with Crippen molar-refractivity contribution in [3.63, 3.8) is 0 Å². The fourth-order valence-corrected chi connectivity index (χ4v) is 2.64. The molecule has 0 aliphatic rings. The summed E-state index contributed by atoms with van der Waals surface area (Å²) in [6.45, 7) is 14.6. The molecule has 0 aromatic rings. The molecule has 0 aromatic carbocycles. The predicted molar refractivity (Wildman–Crippen MR) is 86.7 cm³/mol. The minimum absolute atomic E-state index is 0.0821. The summed E-state index contributed by atoms with van der Waals surface area (Å²) < 4.78 is 16.5. The molecule has 0 aromatic heterocycles. The van der Waals surface area contributed by atoms with Gasteiger partial charge in [-0.2, -0.15) is 0 Å². The van der Waals surface area contributed by atoms with Crippen molar-refractivity contribution in [1.82, 2.24) is 0 Å². The lowest BCUT2D eigenvalue weighted by atomic mass is 9.97. The highest BCUT2D eigenvalue weighted by Crippen LogP contribution is 2.37. The van der Waals surface area contributed by atoms with Crippen molar-refractivity contribution < 1.29 is 24.1 Å². The molecule has 0 saturated carbocycles. The molecule has 0 spiro atoms. The van der Waals surface area contributed by atoms with Crippen LogP contribution in [0.25, 0.3) is 0 Å². The molecule has 0 unspecified atom stereocenters. The summed E-state index contributed by atoms with van der Waals surface area (Å²) in [6, 6.07) is 0. The van der Waals surface area contributed by atoms with Crippen LogP contribution in [0.4, 0.5) is 0 Å². The highest BCUT2D eigenvalue weighted by Gasteiger charge is 2.39. The molecule has 126 valence electrons. The van der Waals surface area contributed by atoms with Crippen LogP contribution >= 0.6 is 0 Å². The van der Waals surface area contributed by atoms with Gasteiger partial charge in [0.2, 0.25) is 0 Å². The number of methoxy groups -OCH3 is 1. The molecular weight excluding hydrogens is 288 g/mol. The number of rotatable bonds is 10. The Morgan fingerprint density at radius 1 is 1.29 bits per heavy atom. The van der Waals surface area contributed by atoms with Gasteiger partial charge < -0.3 is 24.1 Å². The highest BCUT2D eigenvalue weighted by molar-refractivity contribution is 6.74. The summed E-state index contributed by atoms with van der Waals surface area (Å²) in [5.74, 6) is -0.378. The van der Waals surface area contributed by atoms with Gasteiger partial charge in [0.05, 0.1) is 18.8 Å². The molecule has 0 bridgehead atoms. The van der Waals surface area contributed by atoms with E-state index in [4.69, 9.17) is 13.9 Å². The van der Waals surface area contributed by atoms with Crippen LogP contribution in [0.2, 0.25) is 18.1 Å². The van der Waals surface area contributed by atoms with Crippen LogP contribution in [0.15, 0.2) is 12.7 Å². The van der Waals surface area contributed by atoms with Crippen LogP contribution in [0.3, 0.4) is 0 Å². The third-order valence-corrected chi connectivity index (χ3v) is 8.66. The third-order valence-electron chi connectivity index (χ3n) is 4.16. The van der Waals surface area contributed by atoms with E-state index in [9.17, 15) is 10.2 Å². The Kier molecular flexibility index (Phi) is 8.92. The van der Waals surface area contributed by atoms with E-state index in [1.165, 1.54) is 7.11 Å². The molecule has 0 fully saturated rings. The van der Waals surface area contributed by atoms with Crippen LogP contribution in [0, 0.1) is 5.92 Å². The quantitative estimate of drug-likeness (QED) is 0.367. The van der Waals surface area contributed by atoms with Crippen molar-refractivity contribution in [1.29, 1.82) is 0 Å². The zero-order valence-electron chi connectivity index (χ0n) is 14.3. The molecule has 0 heterocycles. The number of aliphatic hydroxyl groups excluding tert-OH is 2. The number of hydrogen-bond acceptors (Lipinski definition) is 5. The smallest absolute Gasteiger partial charge is 0.191 e. The average molecular weight is 321 g/mol. The topological polar surface area (TPSA) is 68.2 Å². The van der Waals surface area contributed by atoms with E-state index < -0.39 is 20.5 Å². The summed E-state index contributed by atoms with van der Waals surface area (Å²) >= 11 is 0. The van der Waals surface area contributed by atoms with E-state index in [1.807, 2.05) is 0 Å². The van der Waals surface area contributed by atoms with Crippen molar-refractivity contribution >= 4 is 8.32 Å². The number of aliphatic hydroxyl groups is 2. The Labute approximate surface area is 130 Å². The Morgan fingerprint density at radius 3 is 2.24 bits per heavy atom. The first kappa shape index (κ1) is 20.8. The second kappa shape index (κ2) is 9.02. The molecule has 5 nitrogen and oxygen atoms in total. The first-order valence-corrected chi connectivity index (χ1v) is 10.2. The van der Waals surface area contributed by atoms with Gasteiger partial charge in [-0.3, -0.25) is 0 Å². The van der Waals surface area contributed by atoms with Gasteiger partial charge in [0.1, 0.15) is 6.79 Å². The van der Waals surface area contributed by atoms with Crippen molar-refractivity contribution in [2.45, 2.75) is 51.1 Å². The van der Waals surface area contributed by atoms with E-state index in [0.717, 1.165) is 0 Å². The van der Waals surface area contributed by atoms with Gasteiger partial charge >= 0.3 is 0 Å². The Hall–Kier alpha value is -0.243. The maximum absolute atomic E-state index is 10.0. The SMILES string of the molecule is C=C[C@H](OCOC)[C@H](CO[Si](C)(C)C(C)(C)C)[C@@H](O)CO. The van der Waals surface area contributed by atoms with Crippen LogP contribution in [0.5, 0.6) is 0 Å². The molecule has 21 heavy (non-hydrogen) atoms. The molecular formula is C15H32O5Si. The first-order chi connectivity index (χ1) is 9.60.